The zero-order chi connectivity index (χ0) is 18.4. The Bertz CT molecular complexity index is 714. The number of rotatable bonds is 6. The Balaban J connectivity index is 1.44. The van der Waals surface area contributed by atoms with Gasteiger partial charge in [0.1, 0.15) is 0 Å². The molecule has 2 aromatic rings. The second-order valence-electron chi connectivity index (χ2n) is 6.71. The van der Waals surface area contributed by atoms with Crippen LogP contribution in [0.1, 0.15) is 12.5 Å². The smallest absolute Gasteiger partial charge is 0.237 e. The van der Waals surface area contributed by atoms with Crippen LogP contribution in [0.2, 0.25) is 5.02 Å². The van der Waals surface area contributed by atoms with E-state index in [0.717, 1.165) is 43.3 Å². The van der Waals surface area contributed by atoms with Gasteiger partial charge in [0.25, 0.3) is 0 Å². The third-order valence-corrected chi connectivity index (χ3v) is 5.21. The van der Waals surface area contributed by atoms with Gasteiger partial charge in [-0.3, -0.25) is 9.69 Å². The van der Waals surface area contributed by atoms with Gasteiger partial charge in [-0.1, -0.05) is 48.0 Å². The van der Waals surface area contributed by atoms with Gasteiger partial charge in [-0.05, 0) is 37.1 Å². The Morgan fingerprint density at radius 3 is 2.50 bits per heavy atom. The van der Waals surface area contributed by atoms with Crippen molar-refractivity contribution in [3.8, 4) is 0 Å². The molecule has 0 spiro atoms. The fourth-order valence-electron chi connectivity index (χ4n) is 3.33. The maximum Gasteiger partial charge on any atom is 0.237 e. The lowest BCUT2D eigenvalue weighted by Gasteiger charge is -2.38. The Kier molecular flexibility index (Phi) is 6.53. The number of piperazine rings is 1. The van der Waals surface area contributed by atoms with Crippen molar-refractivity contribution in [2.45, 2.75) is 19.4 Å². The number of nitrogens with zero attached hydrogens (tertiary/aromatic N) is 2. The lowest BCUT2D eigenvalue weighted by atomic mass is 10.1. The van der Waals surface area contributed by atoms with Crippen LogP contribution in [-0.4, -0.2) is 49.6 Å². The highest BCUT2D eigenvalue weighted by molar-refractivity contribution is 6.30. The van der Waals surface area contributed by atoms with E-state index in [2.05, 4.69) is 33.3 Å². The molecular formula is C21H26ClN3O. The topological polar surface area (TPSA) is 35.6 Å². The fourth-order valence-corrected chi connectivity index (χ4v) is 3.51. The molecule has 1 fully saturated rings. The van der Waals surface area contributed by atoms with Crippen LogP contribution < -0.4 is 10.2 Å². The van der Waals surface area contributed by atoms with Gasteiger partial charge in [0.2, 0.25) is 5.91 Å². The van der Waals surface area contributed by atoms with Crippen molar-refractivity contribution in [3.05, 3.63) is 65.2 Å². The summed E-state index contributed by atoms with van der Waals surface area (Å²) in [5.41, 5.74) is 2.40. The molecule has 5 heteroatoms. The summed E-state index contributed by atoms with van der Waals surface area (Å²) in [6.45, 7) is 6.23. The molecule has 1 heterocycles. The van der Waals surface area contributed by atoms with Crippen LogP contribution in [0.3, 0.4) is 0 Å². The number of carbonyl (C=O) groups excluding carboxylic acids is 1. The van der Waals surface area contributed by atoms with Crippen molar-refractivity contribution in [3.63, 3.8) is 0 Å². The van der Waals surface area contributed by atoms with Crippen LogP contribution in [-0.2, 0) is 11.2 Å². The summed E-state index contributed by atoms with van der Waals surface area (Å²) in [4.78, 5) is 17.0. The van der Waals surface area contributed by atoms with Crippen LogP contribution in [0.5, 0.6) is 0 Å². The fraction of sp³-hybridized carbons (Fsp3) is 0.381. The molecule has 1 amide bonds. The number of carbonyl (C=O) groups is 1. The highest BCUT2D eigenvalue weighted by atomic mass is 35.5. The van der Waals surface area contributed by atoms with Crippen molar-refractivity contribution in [2.75, 3.05) is 37.6 Å². The summed E-state index contributed by atoms with van der Waals surface area (Å²) < 4.78 is 0. The molecule has 4 nitrogen and oxygen atoms in total. The van der Waals surface area contributed by atoms with E-state index >= 15 is 0 Å². The molecule has 138 valence electrons. The van der Waals surface area contributed by atoms with Crippen molar-refractivity contribution in [1.29, 1.82) is 0 Å². The van der Waals surface area contributed by atoms with Crippen LogP contribution in [0.15, 0.2) is 54.6 Å². The van der Waals surface area contributed by atoms with Crippen molar-refractivity contribution in [2.24, 2.45) is 0 Å². The zero-order valence-electron chi connectivity index (χ0n) is 15.2. The van der Waals surface area contributed by atoms with E-state index in [1.807, 2.05) is 43.3 Å². The summed E-state index contributed by atoms with van der Waals surface area (Å²) in [7, 11) is 0. The van der Waals surface area contributed by atoms with Gasteiger partial charge in [-0.2, -0.15) is 0 Å². The van der Waals surface area contributed by atoms with Crippen molar-refractivity contribution >= 4 is 23.2 Å². The molecule has 1 aliphatic heterocycles. The Hall–Kier alpha value is -2.04. The molecule has 0 aliphatic carbocycles. The van der Waals surface area contributed by atoms with Crippen LogP contribution in [0.25, 0.3) is 0 Å². The Morgan fingerprint density at radius 1 is 1.08 bits per heavy atom. The average molecular weight is 372 g/mol. The third-order valence-electron chi connectivity index (χ3n) is 4.97. The summed E-state index contributed by atoms with van der Waals surface area (Å²) in [6, 6.07) is 18.1. The lowest BCUT2D eigenvalue weighted by molar-refractivity contribution is -0.125. The van der Waals surface area contributed by atoms with Crippen LogP contribution in [0, 0.1) is 0 Å². The Morgan fingerprint density at radius 2 is 1.81 bits per heavy atom. The van der Waals surface area contributed by atoms with Gasteiger partial charge < -0.3 is 10.2 Å². The Labute approximate surface area is 160 Å². The molecule has 1 N–H and O–H groups in total. The molecule has 0 bridgehead atoms. The number of nitrogens with one attached hydrogen (secondary N) is 1. The molecule has 0 saturated carbocycles. The first kappa shape index (κ1) is 18.7. The molecule has 1 aliphatic rings. The van der Waals surface area contributed by atoms with E-state index in [9.17, 15) is 4.79 Å². The average Bonchev–Trinajstić information content (AvgIpc) is 2.68. The second kappa shape index (κ2) is 9.06. The number of hydrogen-bond donors (Lipinski definition) is 1. The first-order chi connectivity index (χ1) is 12.6. The largest absolute Gasteiger partial charge is 0.369 e. The molecule has 0 aromatic heterocycles. The summed E-state index contributed by atoms with van der Waals surface area (Å²) in [5, 5.41) is 3.83. The first-order valence-electron chi connectivity index (χ1n) is 9.20. The molecule has 1 atom stereocenters. The minimum absolute atomic E-state index is 0.104. The second-order valence-corrected chi connectivity index (χ2v) is 7.14. The molecule has 0 unspecified atom stereocenters. The first-order valence-corrected chi connectivity index (χ1v) is 9.57. The summed E-state index contributed by atoms with van der Waals surface area (Å²) in [5.74, 6) is 0.108. The molecule has 3 rings (SSSR count). The minimum Gasteiger partial charge on any atom is -0.369 e. The molecule has 0 radical (unpaired) electrons. The van der Waals surface area contributed by atoms with E-state index < -0.39 is 0 Å². The highest BCUT2D eigenvalue weighted by Crippen LogP contribution is 2.21. The van der Waals surface area contributed by atoms with E-state index in [4.69, 9.17) is 11.6 Å². The maximum atomic E-state index is 12.4. The molecule has 1 saturated heterocycles. The van der Waals surface area contributed by atoms with Gasteiger partial charge in [-0.15, -0.1) is 0 Å². The highest BCUT2D eigenvalue weighted by Gasteiger charge is 2.25. The number of amides is 1. The monoisotopic (exact) mass is 371 g/mol. The third kappa shape index (κ3) is 4.99. The molecule has 26 heavy (non-hydrogen) atoms. The van der Waals surface area contributed by atoms with E-state index in [-0.39, 0.29) is 11.9 Å². The predicted octanol–water partition coefficient (Wildman–Crippen LogP) is 3.21. The van der Waals surface area contributed by atoms with E-state index in [1.54, 1.807) is 0 Å². The quantitative estimate of drug-likeness (QED) is 0.846. The number of benzene rings is 2. The summed E-state index contributed by atoms with van der Waals surface area (Å²) in [6.07, 6.45) is 0.863. The minimum atomic E-state index is -0.104. The van der Waals surface area contributed by atoms with Gasteiger partial charge in [0, 0.05) is 43.4 Å². The van der Waals surface area contributed by atoms with Gasteiger partial charge in [0.15, 0.2) is 0 Å². The SMILES string of the molecule is C[C@@H](C(=O)NCCc1ccccc1)N1CCN(c2cccc(Cl)c2)CC1. The van der Waals surface area contributed by atoms with E-state index in [1.165, 1.54) is 5.56 Å². The lowest BCUT2D eigenvalue weighted by Crippen LogP contribution is -2.54. The zero-order valence-corrected chi connectivity index (χ0v) is 16.0. The van der Waals surface area contributed by atoms with Gasteiger partial charge in [0.05, 0.1) is 6.04 Å². The summed E-state index contributed by atoms with van der Waals surface area (Å²) >= 11 is 6.09. The van der Waals surface area contributed by atoms with Crippen LogP contribution in [0.4, 0.5) is 5.69 Å². The van der Waals surface area contributed by atoms with Crippen molar-refractivity contribution < 1.29 is 4.79 Å². The molecular weight excluding hydrogens is 346 g/mol. The number of anilines is 1. The van der Waals surface area contributed by atoms with Crippen LogP contribution >= 0.6 is 11.6 Å². The number of halogens is 1. The van der Waals surface area contributed by atoms with E-state index in [0.29, 0.717) is 6.54 Å². The number of hydrogen-bond acceptors (Lipinski definition) is 3. The predicted molar refractivity (Wildman–Crippen MR) is 108 cm³/mol. The molecule has 2 aromatic carbocycles. The standard InChI is InChI=1S/C21H26ClN3O/c1-17(21(26)23-11-10-18-6-3-2-4-7-18)24-12-14-25(15-13-24)20-9-5-8-19(22)16-20/h2-9,16-17H,10-15H2,1H3,(H,23,26)/t17-/m0/s1. The van der Waals surface area contributed by atoms with Gasteiger partial charge >= 0.3 is 0 Å². The van der Waals surface area contributed by atoms with Crippen molar-refractivity contribution in [1.82, 2.24) is 10.2 Å². The maximum absolute atomic E-state index is 12.4. The normalized spacial score (nSPS) is 16.3. The van der Waals surface area contributed by atoms with Gasteiger partial charge in [-0.25, -0.2) is 0 Å².